The molecule has 1 aliphatic heterocycles. The molecule has 1 amide bonds. The number of likely N-dealkylation sites (tertiary alicyclic amines) is 1. The summed E-state index contributed by atoms with van der Waals surface area (Å²) < 4.78 is 69.7. The molecule has 0 aliphatic carbocycles. The molecule has 1 N–H and O–H groups in total. The first kappa shape index (κ1) is 28.7. The van der Waals surface area contributed by atoms with E-state index >= 15 is 0 Å². The number of hydrogen-bond donors (Lipinski definition) is 1. The number of sulfonamides is 1. The number of benzene rings is 1. The van der Waals surface area contributed by atoms with Gasteiger partial charge in [-0.05, 0) is 42.1 Å². The third-order valence-electron chi connectivity index (χ3n) is 5.75. The Morgan fingerprint density at radius 2 is 1.92 bits per heavy atom. The number of halogens is 4. The molecule has 4 rings (SSSR count). The van der Waals surface area contributed by atoms with Crippen molar-refractivity contribution in [2.24, 2.45) is 0 Å². The second-order valence-electron chi connectivity index (χ2n) is 8.35. The molecule has 1 atom stereocenters. The maximum absolute atomic E-state index is 13.6. The number of thiophene rings is 1. The van der Waals surface area contributed by atoms with E-state index in [0.717, 1.165) is 17.0 Å². The van der Waals surface area contributed by atoms with Crippen molar-refractivity contribution in [1.82, 2.24) is 14.2 Å². The van der Waals surface area contributed by atoms with E-state index in [4.69, 9.17) is 11.6 Å². The first-order valence-electron chi connectivity index (χ1n) is 11.3. The predicted octanol–water partition coefficient (Wildman–Crippen LogP) is 3.29. The third kappa shape index (κ3) is 6.66. The van der Waals surface area contributed by atoms with E-state index in [9.17, 15) is 36.0 Å². The number of aromatic nitrogens is 1. The Kier molecular flexibility index (Phi) is 8.44. The molecule has 1 fully saturated rings. The van der Waals surface area contributed by atoms with Crippen LogP contribution in [0.2, 0.25) is 5.02 Å². The van der Waals surface area contributed by atoms with Crippen LogP contribution in [0.5, 0.6) is 0 Å². The average molecular weight is 605 g/mol. The topological polar surface area (TPSA) is 126 Å². The van der Waals surface area contributed by atoms with E-state index < -0.39 is 46.6 Å². The number of carbonyl (C=O) groups is 3. The van der Waals surface area contributed by atoms with Gasteiger partial charge >= 0.3 is 18.1 Å². The summed E-state index contributed by atoms with van der Waals surface area (Å²) in [5.74, 6) is -5.20. The molecule has 3 aromatic rings. The number of nitrogens with one attached hydrogen (secondary N) is 1. The third-order valence-corrected chi connectivity index (χ3v) is 9.39. The number of anilines is 1. The van der Waals surface area contributed by atoms with Crippen molar-refractivity contribution in [1.29, 1.82) is 0 Å². The molecule has 2 aromatic heterocycles. The molecule has 0 saturated carbocycles. The molecule has 3 heterocycles. The fourth-order valence-corrected chi connectivity index (χ4v) is 7.28. The van der Waals surface area contributed by atoms with Crippen molar-refractivity contribution in [3.05, 3.63) is 53.8 Å². The molecule has 1 aromatic carbocycles. The minimum absolute atomic E-state index is 0.0372. The van der Waals surface area contributed by atoms with Gasteiger partial charge in [-0.25, -0.2) is 13.2 Å². The molecule has 208 valence electrons. The highest BCUT2D eigenvalue weighted by Gasteiger charge is 2.46. The van der Waals surface area contributed by atoms with Crippen LogP contribution >= 0.6 is 22.9 Å². The normalized spacial score (nSPS) is 16.2. The Labute approximate surface area is 229 Å². The SMILES string of the molecule is O=C(CN(C1CCN(CCNc2ccncc2)C1=O)S(=O)(=O)c1cc2ccc(Cl)cc2s1)OC(=O)C(F)(F)F. The van der Waals surface area contributed by atoms with Crippen LogP contribution in [-0.4, -0.2) is 78.8 Å². The van der Waals surface area contributed by atoms with Crippen molar-refractivity contribution in [2.75, 3.05) is 31.5 Å². The van der Waals surface area contributed by atoms with Crippen LogP contribution in [0.1, 0.15) is 6.42 Å². The number of rotatable bonds is 9. The number of pyridine rings is 1. The average Bonchev–Trinajstić information content (AvgIpc) is 3.46. The lowest BCUT2D eigenvalue weighted by molar-refractivity contribution is -0.201. The zero-order valence-electron chi connectivity index (χ0n) is 19.9. The summed E-state index contributed by atoms with van der Waals surface area (Å²) in [6.45, 7) is -0.650. The summed E-state index contributed by atoms with van der Waals surface area (Å²) in [6, 6.07) is 7.98. The first-order chi connectivity index (χ1) is 18.4. The first-order valence-corrected chi connectivity index (χ1v) is 13.9. The van der Waals surface area contributed by atoms with Crippen LogP contribution < -0.4 is 5.32 Å². The van der Waals surface area contributed by atoms with E-state index in [1.54, 1.807) is 36.7 Å². The standard InChI is InChI=1S/C23H20ClF3N4O6S2/c24-15-2-1-14-11-20(38-18(14)12-15)39(35,36)31(13-19(32)37-22(34)23(25,26)27)17-5-9-30(21(17)33)10-8-29-16-3-6-28-7-4-16/h1-4,6-7,11-12,17H,5,8-10,13H2,(H,28,29). The molecule has 10 nitrogen and oxygen atoms in total. The molecule has 1 saturated heterocycles. The molecule has 0 spiro atoms. The molecule has 16 heteroatoms. The predicted molar refractivity (Wildman–Crippen MR) is 136 cm³/mol. The minimum Gasteiger partial charge on any atom is -0.385 e. The van der Waals surface area contributed by atoms with Crippen molar-refractivity contribution in [3.8, 4) is 0 Å². The lowest BCUT2D eigenvalue weighted by Crippen LogP contribution is -2.48. The van der Waals surface area contributed by atoms with Gasteiger partial charge < -0.3 is 15.0 Å². The van der Waals surface area contributed by atoms with Crippen LogP contribution in [-0.2, 0) is 29.1 Å². The second-order valence-corrected chi connectivity index (χ2v) is 12.0. The van der Waals surface area contributed by atoms with Gasteiger partial charge in [0.1, 0.15) is 16.8 Å². The Morgan fingerprint density at radius 3 is 2.62 bits per heavy atom. The highest BCUT2D eigenvalue weighted by Crippen LogP contribution is 2.34. The zero-order chi connectivity index (χ0) is 28.4. The summed E-state index contributed by atoms with van der Waals surface area (Å²) in [5.41, 5.74) is 0.749. The monoisotopic (exact) mass is 604 g/mol. The van der Waals surface area contributed by atoms with Gasteiger partial charge in [-0.15, -0.1) is 11.3 Å². The van der Waals surface area contributed by atoms with Gasteiger partial charge in [-0.1, -0.05) is 17.7 Å². The smallest absolute Gasteiger partial charge is 0.385 e. The lowest BCUT2D eigenvalue weighted by atomic mass is 10.2. The van der Waals surface area contributed by atoms with Crippen LogP contribution in [0, 0.1) is 0 Å². The summed E-state index contributed by atoms with van der Waals surface area (Å²) in [6.07, 6.45) is -2.35. The Morgan fingerprint density at radius 1 is 1.21 bits per heavy atom. The van der Waals surface area contributed by atoms with E-state index in [-0.39, 0.29) is 23.7 Å². The van der Waals surface area contributed by atoms with Crippen LogP contribution in [0.3, 0.4) is 0 Å². The summed E-state index contributed by atoms with van der Waals surface area (Å²) in [4.78, 5) is 41.9. The maximum atomic E-state index is 13.6. The van der Waals surface area contributed by atoms with Crippen molar-refractivity contribution >= 4 is 66.6 Å². The number of esters is 2. The summed E-state index contributed by atoms with van der Waals surface area (Å²) in [7, 11) is -4.60. The highest BCUT2D eigenvalue weighted by atomic mass is 35.5. The summed E-state index contributed by atoms with van der Waals surface area (Å²) in [5, 5.41) is 3.95. The molecule has 1 aliphatic rings. The van der Waals surface area contributed by atoms with Crippen molar-refractivity contribution in [2.45, 2.75) is 22.8 Å². The van der Waals surface area contributed by atoms with Gasteiger partial charge in [0.25, 0.3) is 10.0 Å². The quantitative estimate of drug-likeness (QED) is 0.291. The minimum atomic E-state index is -5.47. The van der Waals surface area contributed by atoms with Crippen molar-refractivity contribution in [3.63, 3.8) is 0 Å². The fraction of sp³-hybridized carbons (Fsp3) is 0.304. The summed E-state index contributed by atoms with van der Waals surface area (Å²) >= 11 is 6.79. The molecule has 0 radical (unpaired) electrons. The Hall–Kier alpha value is -3.27. The van der Waals surface area contributed by atoms with E-state index in [1.807, 2.05) is 0 Å². The largest absolute Gasteiger partial charge is 0.491 e. The maximum Gasteiger partial charge on any atom is 0.491 e. The lowest BCUT2D eigenvalue weighted by Gasteiger charge is -2.26. The van der Waals surface area contributed by atoms with E-state index in [0.29, 0.717) is 26.0 Å². The van der Waals surface area contributed by atoms with Crippen LogP contribution in [0.25, 0.3) is 10.1 Å². The van der Waals surface area contributed by atoms with Gasteiger partial charge in [-0.2, -0.15) is 17.5 Å². The molecule has 39 heavy (non-hydrogen) atoms. The van der Waals surface area contributed by atoms with Crippen molar-refractivity contribution < 1.29 is 40.7 Å². The number of carbonyl (C=O) groups excluding carboxylic acids is 3. The van der Waals surface area contributed by atoms with Gasteiger partial charge in [0, 0.05) is 47.4 Å². The van der Waals surface area contributed by atoms with E-state index in [1.165, 1.54) is 17.0 Å². The number of nitrogens with zero attached hydrogens (tertiary/aromatic N) is 3. The number of alkyl halides is 3. The fourth-order valence-electron chi connectivity index (χ4n) is 3.92. The van der Waals surface area contributed by atoms with E-state index in [2.05, 4.69) is 15.0 Å². The second kappa shape index (κ2) is 11.5. The van der Waals surface area contributed by atoms with Gasteiger partial charge in [0.05, 0.1) is 0 Å². The zero-order valence-corrected chi connectivity index (χ0v) is 22.2. The molecule has 0 bridgehead atoms. The number of amides is 1. The highest BCUT2D eigenvalue weighted by molar-refractivity contribution is 7.91. The Bertz CT molecular complexity index is 1500. The molecule has 1 unspecified atom stereocenters. The van der Waals surface area contributed by atoms with Gasteiger partial charge in [-0.3, -0.25) is 14.6 Å². The van der Waals surface area contributed by atoms with Gasteiger partial charge in [0.2, 0.25) is 5.91 Å². The van der Waals surface area contributed by atoms with Gasteiger partial charge in [0.15, 0.2) is 0 Å². The molecular weight excluding hydrogens is 585 g/mol. The number of fused-ring (bicyclic) bond motifs is 1. The van der Waals surface area contributed by atoms with Crippen LogP contribution in [0.4, 0.5) is 18.9 Å². The molecular formula is C23H20ClF3N4O6S2. The Balaban J connectivity index is 1.57. The number of ether oxygens (including phenoxy) is 1. The van der Waals surface area contributed by atoms with Crippen LogP contribution in [0.15, 0.2) is 53.0 Å². The number of hydrogen-bond acceptors (Lipinski definition) is 9.